The Bertz CT molecular complexity index is 753. The summed E-state index contributed by atoms with van der Waals surface area (Å²) in [5, 5.41) is 1.15. The number of aromatic nitrogens is 2. The van der Waals surface area contributed by atoms with Gasteiger partial charge in [-0.1, -0.05) is 25.1 Å². The van der Waals surface area contributed by atoms with E-state index >= 15 is 0 Å². The minimum atomic E-state index is 0.361. The van der Waals surface area contributed by atoms with Crippen molar-refractivity contribution in [2.24, 2.45) is 0 Å². The summed E-state index contributed by atoms with van der Waals surface area (Å²) in [5.74, 6) is 2.23. The van der Waals surface area contributed by atoms with Gasteiger partial charge in [-0.2, -0.15) is 0 Å². The molecule has 0 fully saturated rings. The maximum absolute atomic E-state index is 5.19. The minimum absolute atomic E-state index is 0.361. The first-order valence-corrected chi connectivity index (χ1v) is 8.23. The Morgan fingerprint density at radius 3 is 2.59 bits per heavy atom. The molecule has 0 aliphatic carbocycles. The highest BCUT2D eigenvalue weighted by molar-refractivity contribution is 7.99. The molecule has 0 saturated carbocycles. The zero-order valence-corrected chi connectivity index (χ0v) is 13.5. The summed E-state index contributed by atoms with van der Waals surface area (Å²) >= 11 is 1.84. The Morgan fingerprint density at radius 1 is 1.05 bits per heavy atom. The zero-order valence-electron chi connectivity index (χ0n) is 12.7. The number of fused-ring (bicyclic) bond motifs is 1. The van der Waals surface area contributed by atoms with Gasteiger partial charge in [-0.05, 0) is 30.3 Å². The van der Waals surface area contributed by atoms with Crippen LogP contribution in [0.3, 0.4) is 0 Å². The van der Waals surface area contributed by atoms with E-state index in [1.165, 1.54) is 4.90 Å². The molecule has 0 radical (unpaired) electrons. The molecule has 4 heteroatoms. The van der Waals surface area contributed by atoms with Crippen LogP contribution in [0.4, 0.5) is 0 Å². The molecule has 112 valence electrons. The summed E-state index contributed by atoms with van der Waals surface area (Å²) in [6.45, 7) is 2.21. The highest BCUT2D eigenvalue weighted by Gasteiger charge is 2.12. The number of ether oxygens (including phenoxy) is 1. The van der Waals surface area contributed by atoms with Crippen LogP contribution in [0.1, 0.15) is 18.5 Å². The van der Waals surface area contributed by atoms with Crippen molar-refractivity contribution >= 4 is 22.7 Å². The Kier molecular flexibility index (Phi) is 4.59. The molecule has 3 aromatic rings. The van der Waals surface area contributed by atoms with E-state index in [0.29, 0.717) is 5.92 Å². The van der Waals surface area contributed by atoms with Crippen LogP contribution in [0.2, 0.25) is 0 Å². The fourth-order valence-electron chi connectivity index (χ4n) is 2.39. The molecule has 1 aromatic heterocycles. The van der Waals surface area contributed by atoms with Gasteiger partial charge >= 0.3 is 0 Å². The molecule has 2 aromatic carbocycles. The maximum Gasteiger partial charge on any atom is 0.118 e. The van der Waals surface area contributed by atoms with Crippen LogP contribution in [-0.4, -0.2) is 22.8 Å². The normalized spacial score (nSPS) is 12.3. The summed E-state index contributed by atoms with van der Waals surface area (Å²) < 4.78 is 5.19. The molecule has 22 heavy (non-hydrogen) atoms. The number of rotatable bonds is 5. The van der Waals surface area contributed by atoms with E-state index in [4.69, 9.17) is 4.74 Å². The average molecular weight is 310 g/mol. The quantitative estimate of drug-likeness (QED) is 0.648. The zero-order chi connectivity index (χ0) is 15.4. The highest BCUT2D eigenvalue weighted by Crippen LogP contribution is 2.29. The molecule has 1 unspecified atom stereocenters. The van der Waals surface area contributed by atoms with E-state index in [1.807, 2.05) is 42.1 Å². The van der Waals surface area contributed by atoms with Gasteiger partial charge in [0.1, 0.15) is 12.1 Å². The van der Waals surface area contributed by atoms with Gasteiger partial charge < -0.3 is 4.74 Å². The number of thioether (sulfide) groups is 1. The van der Waals surface area contributed by atoms with Crippen LogP contribution in [0.5, 0.6) is 5.75 Å². The van der Waals surface area contributed by atoms with E-state index in [0.717, 1.165) is 28.1 Å². The molecule has 0 amide bonds. The van der Waals surface area contributed by atoms with Gasteiger partial charge in [0.15, 0.2) is 0 Å². The molecular weight excluding hydrogens is 292 g/mol. The molecule has 0 bridgehead atoms. The third-order valence-electron chi connectivity index (χ3n) is 3.60. The largest absolute Gasteiger partial charge is 0.497 e. The predicted molar refractivity (Wildman–Crippen MR) is 91.7 cm³/mol. The van der Waals surface area contributed by atoms with Gasteiger partial charge in [0.2, 0.25) is 0 Å². The van der Waals surface area contributed by atoms with Crippen molar-refractivity contribution in [3.8, 4) is 5.75 Å². The first kappa shape index (κ1) is 14.9. The van der Waals surface area contributed by atoms with Gasteiger partial charge in [-0.25, -0.2) is 9.97 Å². The summed E-state index contributed by atoms with van der Waals surface area (Å²) in [5.41, 5.74) is 2.13. The van der Waals surface area contributed by atoms with Gasteiger partial charge in [-0.3, -0.25) is 0 Å². The number of methoxy groups -OCH3 is 1. The van der Waals surface area contributed by atoms with E-state index in [1.54, 1.807) is 13.4 Å². The lowest BCUT2D eigenvalue weighted by molar-refractivity contribution is 0.414. The Balaban J connectivity index is 1.74. The first-order valence-electron chi connectivity index (χ1n) is 7.24. The fraction of sp³-hybridized carbons (Fsp3) is 0.222. The second-order valence-electron chi connectivity index (χ2n) is 5.16. The molecule has 0 spiro atoms. The highest BCUT2D eigenvalue weighted by atomic mass is 32.2. The van der Waals surface area contributed by atoms with Crippen LogP contribution in [-0.2, 0) is 0 Å². The van der Waals surface area contributed by atoms with Crippen molar-refractivity contribution in [3.63, 3.8) is 0 Å². The minimum Gasteiger partial charge on any atom is -0.497 e. The molecule has 0 saturated heterocycles. The van der Waals surface area contributed by atoms with Crippen molar-refractivity contribution in [3.05, 3.63) is 60.6 Å². The molecule has 3 nitrogen and oxygen atoms in total. The number of hydrogen-bond donors (Lipinski definition) is 0. The second kappa shape index (κ2) is 6.79. The average Bonchev–Trinajstić information content (AvgIpc) is 2.59. The summed E-state index contributed by atoms with van der Waals surface area (Å²) in [4.78, 5) is 10.1. The van der Waals surface area contributed by atoms with Crippen LogP contribution in [0.25, 0.3) is 10.9 Å². The fourth-order valence-corrected chi connectivity index (χ4v) is 3.32. The smallest absolute Gasteiger partial charge is 0.118 e. The van der Waals surface area contributed by atoms with Crippen molar-refractivity contribution in [2.75, 3.05) is 12.9 Å². The lowest BCUT2D eigenvalue weighted by Crippen LogP contribution is -2.02. The molecule has 0 N–H and O–H groups in total. The second-order valence-corrected chi connectivity index (χ2v) is 6.26. The SMILES string of the molecule is COc1ccc(SCC(C)c2ncnc3ccccc23)cc1. The van der Waals surface area contributed by atoms with Gasteiger partial charge in [0.05, 0.1) is 18.3 Å². The number of nitrogens with zero attached hydrogens (tertiary/aromatic N) is 2. The molecular formula is C18H18N2OS. The maximum atomic E-state index is 5.19. The topological polar surface area (TPSA) is 35.0 Å². The van der Waals surface area contributed by atoms with Gasteiger partial charge in [-0.15, -0.1) is 11.8 Å². The summed E-state index contributed by atoms with van der Waals surface area (Å²) in [7, 11) is 1.68. The van der Waals surface area contributed by atoms with E-state index < -0.39 is 0 Å². The molecule has 1 atom stereocenters. The standard InChI is InChI=1S/C18H18N2OS/c1-13(11-22-15-9-7-14(21-2)8-10-15)18-16-5-3-4-6-17(16)19-12-20-18/h3-10,12-13H,11H2,1-2H3. The molecule has 3 rings (SSSR count). The van der Waals surface area contributed by atoms with Crippen molar-refractivity contribution < 1.29 is 4.74 Å². The molecule has 1 heterocycles. The Morgan fingerprint density at radius 2 is 1.82 bits per heavy atom. The van der Waals surface area contributed by atoms with Crippen molar-refractivity contribution in [1.82, 2.24) is 9.97 Å². The monoisotopic (exact) mass is 310 g/mol. The first-order chi connectivity index (χ1) is 10.8. The lowest BCUT2D eigenvalue weighted by Gasteiger charge is -2.13. The lowest BCUT2D eigenvalue weighted by atomic mass is 10.0. The number of benzene rings is 2. The molecule has 0 aliphatic rings. The Labute approximate surface area is 134 Å². The van der Waals surface area contributed by atoms with Crippen LogP contribution < -0.4 is 4.74 Å². The molecule has 0 aliphatic heterocycles. The number of para-hydroxylation sites is 1. The van der Waals surface area contributed by atoms with Crippen molar-refractivity contribution in [1.29, 1.82) is 0 Å². The number of hydrogen-bond acceptors (Lipinski definition) is 4. The predicted octanol–water partition coefficient (Wildman–Crippen LogP) is 4.53. The summed E-state index contributed by atoms with van der Waals surface area (Å²) in [6.07, 6.45) is 1.66. The van der Waals surface area contributed by atoms with E-state index in [-0.39, 0.29) is 0 Å². The van der Waals surface area contributed by atoms with Crippen molar-refractivity contribution in [2.45, 2.75) is 17.7 Å². The van der Waals surface area contributed by atoms with Crippen LogP contribution in [0, 0.1) is 0 Å². The third kappa shape index (κ3) is 3.22. The third-order valence-corrected chi connectivity index (χ3v) is 4.87. The Hall–Kier alpha value is -2.07. The van der Waals surface area contributed by atoms with Crippen LogP contribution >= 0.6 is 11.8 Å². The summed E-state index contributed by atoms with van der Waals surface area (Å²) in [6, 6.07) is 16.3. The van der Waals surface area contributed by atoms with E-state index in [9.17, 15) is 0 Å². The van der Waals surface area contributed by atoms with E-state index in [2.05, 4.69) is 35.1 Å². The van der Waals surface area contributed by atoms with Gasteiger partial charge in [0.25, 0.3) is 0 Å². The van der Waals surface area contributed by atoms with Gasteiger partial charge in [0, 0.05) is 22.0 Å². The van der Waals surface area contributed by atoms with Crippen LogP contribution in [0.15, 0.2) is 59.8 Å².